The molecule has 1 aliphatic heterocycles. The Morgan fingerprint density at radius 2 is 1.83 bits per heavy atom. The number of imide groups is 1. The molecule has 1 aliphatic rings. The molecule has 0 bridgehead atoms. The lowest BCUT2D eigenvalue weighted by Crippen LogP contribution is -2.41. The topological polar surface area (TPSA) is 71.4 Å². The van der Waals surface area contributed by atoms with Crippen LogP contribution < -0.4 is 5.32 Å². The number of nitrogens with one attached hydrogen (secondary N) is 1. The van der Waals surface area contributed by atoms with Crippen LogP contribution in [0.2, 0.25) is 0 Å². The molecule has 0 spiro atoms. The zero-order valence-electron chi connectivity index (χ0n) is 12.9. The number of nitrogens with zero attached hydrogens (tertiary/aromatic N) is 2. The molecule has 118 valence electrons. The first-order chi connectivity index (χ1) is 10.9. The second-order valence-corrected chi connectivity index (χ2v) is 5.74. The predicted molar refractivity (Wildman–Crippen MR) is 83.8 cm³/mol. The minimum atomic E-state index is -1.15. The maximum Gasteiger partial charge on any atom is 0.325 e. The van der Waals surface area contributed by atoms with Crippen LogP contribution in [0.25, 0.3) is 0 Å². The van der Waals surface area contributed by atoms with Crippen LogP contribution >= 0.6 is 0 Å². The van der Waals surface area contributed by atoms with E-state index in [1.807, 2.05) is 6.07 Å². The number of hydrogen-bond acceptors (Lipinski definition) is 3. The molecule has 1 unspecified atom stereocenters. The van der Waals surface area contributed by atoms with E-state index in [1.165, 1.54) is 0 Å². The summed E-state index contributed by atoms with van der Waals surface area (Å²) in [5.74, 6) is -0.699. The number of aryl methyl sites for hydroxylation is 1. The Kier molecular flexibility index (Phi) is 3.52. The molecule has 0 saturated carbocycles. The Morgan fingerprint density at radius 3 is 2.43 bits per heavy atom. The smallest absolute Gasteiger partial charge is 0.325 e. The molecule has 1 saturated heterocycles. The van der Waals surface area contributed by atoms with Crippen molar-refractivity contribution in [3.63, 3.8) is 0 Å². The average molecular weight is 311 g/mol. The standard InChI is InChI=1S/C17H17N3O3/c1-17(12-7-4-3-5-8-12)15(22)20(16(23)18-17)11-14(21)13-9-6-10-19(13)2/h3-10H,11H2,1-2H3,(H,18,23). The van der Waals surface area contributed by atoms with Gasteiger partial charge in [-0.25, -0.2) is 4.79 Å². The Bertz CT molecular complexity index is 781. The van der Waals surface area contributed by atoms with E-state index < -0.39 is 17.5 Å². The number of Topliss-reactive ketones (excluding diaryl/α,β-unsaturated/α-hetero) is 1. The molecular weight excluding hydrogens is 294 g/mol. The van der Waals surface area contributed by atoms with Crippen LogP contribution in [-0.2, 0) is 17.4 Å². The fraction of sp³-hybridized carbons (Fsp3) is 0.235. The Hall–Kier alpha value is -2.89. The highest BCUT2D eigenvalue weighted by atomic mass is 16.2. The molecule has 2 aromatic rings. The van der Waals surface area contributed by atoms with E-state index >= 15 is 0 Å². The van der Waals surface area contributed by atoms with Gasteiger partial charge in [0.1, 0.15) is 5.54 Å². The minimum absolute atomic E-state index is 0.273. The van der Waals surface area contributed by atoms with Gasteiger partial charge in [0.05, 0.1) is 12.2 Å². The zero-order chi connectivity index (χ0) is 16.6. The summed E-state index contributed by atoms with van der Waals surface area (Å²) in [5.41, 5.74) is -0.00148. The van der Waals surface area contributed by atoms with Crippen LogP contribution in [0.15, 0.2) is 48.7 Å². The van der Waals surface area contributed by atoms with Gasteiger partial charge in [-0.15, -0.1) is 0 Å². The van der Waals surface area contributed by atoms with Crippen LogP contribution in [0.5, 0.6) is 0 Å². The number of carbonyl (C=O) groups is 3. The van der Waals surface area contributed by atoms with Gasteiger partial charge in [-0.05, 0) is 24.6 Å². The SMILES string of the molecule is Cn1cccc1C(=O)CN1C(=O)NC(C)(c2ccccc2)C1=O. The minimum Gasteiger partial charge on any atom is -0.348 e. The highest BCUT2D eigenvalue weighted by Crippen LogP contribution is 2.28. The molecule has 3 rings (SSSR count). The highest BCUT2D eigenvalue weighted by molar-refractivity contribution is 6.11. The van der Waals surface area contributed by atoms with Crippen LogP contribution in [0.4, 0.5) is 4.79 Å². The fourth-order valence-corrected chi connectivity index (χ4v) is 2.78. The van der Waals surface area contributed by atoms with Crippen LogP contribution in [0.3, 0.4) is 0 Å². The number of amides is 3. The molecule has 1 atom stereocenters. The summed E-state index contributed by atoms with van der Waals surface area (Å²) in [6.07, 6.45) is 1.74. The molecule has 0 aliphatic carbocycles. The van der Waals surface area contributed by atoms with Crippen molar-refractivity contribution in [2.45, 2.75) is 12.5 Å². The van der Waals surface area contributed by atoms with Gasteiger partial charge >= 0.3 is 6.03 Å². The largest absolute Gasteiger partial charge is 0.348 e. The van der Waals surface area contributed by atoms with Gasteiger partial charge < -0.3 is 9.88 Å². The van der Waals surface area contributed by atoms with Crippen molar-refractivity contribution < 1.29 is 14.4 Å². The van der Waals surface area contributed by atoms with Crippen molar-refractivity contribution in [1.29, 1.82) is 0 Å². The van der Waals surface area contributed by atoms with Gasteiger partial charge in [0.2, 0.25) is 0 Å². The Morgan fingerprint density at radius 1 is 1.13 bits per heavy atom. The molecule has 1 fully saturated rings. The van der Waals surface area contributed by atoms with Crippen molar-refractivity contribution in [3.05, 3.63) is 59.9 Å². The van der Waals surface area contributed by atoms with Crippen molar-refractivity contribution in [3.8, 4) is 0 Å². The molecule has 1 aromatic carbocycles. The van der Waals surface area contributed by atoms with Crippen molar-refractivity contribution in [2.24, 2.45) is 7.05 Å². The van der Waals surface area contributed by atoms with E-state index in [4.69, 9.17) is 0 Å². The summed E-state index contributed by atoms with van der Waals surface area (Å²) >= 11 is 0. The monoisotopic (exact) mass is 311 g/mol. The van der Waals surface area contributed by atoms with Crippen LogP contribution in [0.1, 0.15) is 23.0 Å². The molecular formula is C17H17N3O3. The Labute approximate surface area is 133 Å². The first kappa shape index (κ1) is 15.0. The maximum absolute atomic E-state index is 12.7. The molecule has 1 N–H and O–H groups in total. The first-order valence-electron chi connectivity index (χ1n) is 7.27. The van der Waals surface area contributed by atoms with Gasteiger partial charge in [0.25, 0.3) is 5.91 Å². The maximum atomic E-state index is 12.7. The summed E-state index contributed by atoms with van der Waals surface area (Å²) in [6.45, 7) is 1.38. The summed E-state index contributed by atoms with van der Waals surface area (Å²) in [6, 6.07) is 11.9. The highest BCUT2D eigenvalue weighted by Gasteiger charge is 2.49. The lowest BCUT2D eigenvalue weighted by Gasteiger charge is -2.22. The molecule has 23 heavy (non-hydrogen) atoms. The molecule has 6 nitrogen and oxygen atoms in total. The van der Waals surface area contributed by atoms with Crippen LogP contribution in [0, 0.1) is 0 Å². The van der Waals surface area contributed by atoms with Crippen molar-refractivity contribution in [2.75, 3.05) is 6.54 Å². The third kappa shape index (κ3) is 2.42. The van der Waals surface area contributed by atoms with Gasteiger partial charge in [0, 0.05) is 13.2 Å². The number of aromatic nitrogens is 1. The number of benzene rings is 1. The summed E-state index contributed by atoms with van der Waals surface area (Å²) in [7, 11) is 1.74. The van der Waals surface area contributed by atoms with Crippen molar-refractivity contribution >= 4 is 17.7 Å². The van der Waals surface area contributed by atoms with E-state index in [0.717, 1.165) is 4.90 Å². The summed E-state index contributed by atoms with van der Waals surface area (Å²) in [4.78, 5) is 38.2. The van der Waals surface area contributed by atoms with E-state index in [-0.39, 0.29) is 12.3 Å². The molecule has 3 amide bonds. The lowest BCUT2D eigenvalue weighted by molar-refractivity contribution is -0.130. The molecule has 0 radical (unpaired) electrons. The Balaban J connectivity index is 1.85. The lowest BCUT2D eigenvalue weighted by atomic mass is 9.92. The number of ketones is 1. The fourth-order valence-electron chi connectivity index (χ4n) is 2.78. The quantitative estimate of drug-likeness (QED) is 0.690. The van der Waals surface area contributed by atoms with E-state index in [9.17, 15) is 14.4 Å². The zero-order valence-corrected chi connectivity index (χ0v) is 12.9. The number of rotatable bonds is 4. The van der Waals surface area contributed by atoms with Gasteiger partial charge in [-0.2, -0.15) is 0 Å². The van der Waals surface area contributed by atoms with Gasteiger partial charge in [-0.1, -0.05) is 30.3 Å². The molecule has 2 heterocycles. The van der Waals surface area contributed by atoms with Crippen molar-refractivity contribution in [1.82, 2.24) is 14.8 Å². The molecule has 1 aromatic heterocycles. The number of urea groups is 1. The first-order valence-corrected chi connectivity index (χ1v) is 7.27. The summed E-state index contributed by atoms with van der Waals surface area (Å²) < 4.78 is 1.66. The van der Waals surface area contributed by atoms with Gasteiger partial charge in [0.15, 0.2) is 5.78 Å². The van der Waals surface area contributed by atoms with Gasteiger partial charge in [-0.3, -0.25) is 14.5 Å². The predicted octanol–water partition coefficient (Wildman–Crippen LogP) is 1.67. The number of carbonyl (C=O) groups excluding carboxylic acids is 3. The second kappa shape index (κ2) is 5.39. The molecule has 6 heteroatoms. The van der Waals surface area contributed by atoms with Crippen LogP contribution in [-0.4, -0.2) is 33.7 Å². The average Bonchev–Trinajstić information content (AvgIpc) is 3.06. The normalized spacial score (nSPS) is 20.7. The van der Waals surface area contributed by atoms with E-state index in [1.54, 1.807) is 61.1 Å². The third-order valence-corrected chi connectivity index (χ3v) is 4.16. The summed E-state index contributed by atoms with van der Waals surface area (Å²) in [5, 5.41) is 2.69. The third-order valence-electron chi connectivity index (χ3n) is 4.16. The number of hydrogen-bond donors (Lipinski definition) is 1. The second-order valence-electron chi connectivity index (χ2n) is 5.74. The van der Waals surface area contributed by atoms with E-state index in [2.05, 4.69) is 5.32 Å². The van der Waals surface area contributed by atoms with E-state index in [0.29, 0.717) is 11.3 Å².